The molecule has 0 unspecified atom stereocenters. The Balaban J connectivity index is 1.10. The molecule has 0 saturated heterocycles. The fourth-order valence-electron chi connectivity index (χ4n) is 7.69. The predicted octanol–water partition coefficient (Wildman–Crippen LogP) is 10.3. The summed E-state index contributed by atoms with van der Waals surface area (Å²) in [6.07, 6.45) is 8.18. The van der Waals surface area contributed by atoms with Crippen LogP contribution in [0.1, 0.15) is 58.8 Å². The Labute approximate surface area is 309 Å². The van der Waals surface area contributed by atoms with E-state index in [1.165, 1.54) is 44.6 Å². The summed E-state index contributed by atoms with van der Waals surface area (Å²) in [5.74, 6) is 2.55. The minimum atomic E-state index is 0.398. The van der Waals surface area contributed by atoms with Crippen molar-refractivity contribution < 1.29 is 24.1 Å². The minimum absolute atomic E-state index is 0.398. The van der Waals surface area contributed by atoms with Gasteiger partial charge in [-0.25, -0.2) is 0 Å². The van der Waals surface area contributed by atoms with Crippen LogP contribution in [0.15, 0.2) is 103 Å². The molecule has 4 aromatic heterocycles. The molecular weight excluding hydrogens is 808 g/mol. The van der Waals surface area contributed by atoms with Crippen molar-refractivity contribution in [2.75, 3.05) is 0 Å². The molecule has 2 aliphatic carbocycles. The second kappa shape index (κ2) is 12.7. The monoisotopic (exact) mass is 845 g/mol. The van der Waals surface area contributed by atoms with Crippen molar-refractivity contribution in [2.45, 2.75) is 59.3 Å². The van der Waals surface area contributed by atoms with Crippen LogP contribution in [0, 0.1) is 29.8 Å². The van der Waals surface area contributed by atoms with E-state index < -0.39 is 0 Å². The Morgan fingerprint density at radius 1 is 0.725 bits per heavy atom. The molecule has 4 aliphatic rings. The molecule has 51 heavy (non-hydrogen) atoms. The first-order chi connectivity index (χ1) is 24.8. The molecule has 0 spiro atoms. The second-order valence-electron chi connectivity index (χ2n) is 14.0. The Morgan fingerprint density at radius 2 is 1.47 bits per heavy atom. The van der Waals surface area contributed by atoms with Gasteiger partial charge >= 0.3 is 261 Å². The van der Waals surface area contributed by atoms with Crippen LogP contribution >= 0.6 is 0 Å². The number of para-hydroxylation sites is 1. The molecule has 0 fully saturated rings. The standard InChI is InChI=1S/C45H38N4O.Pt/c1-29(2)35-22-23-46-45(24-35)49-42-11-6-5-10-40(42)41-21-20-39(26-43(41)49)50-38-9-7-8-37(25-38)47-27-44-34-15-14-32-12-13-33(31(4)30(32)3)16-18-36(19-17-34)48(44)28-47;/h5-13,17,19-24,27,29H,14-16,18H2,1-4H3;/q-2;. The number of hydrogen-bond acceptors (Lipinski definition) is 2. The molecule has 2 aliphatic heterocycles. The van der Waals surface area contributed by atoms with E-state index >= 15 is 0 Å². The van der Waals surface area contributed by atoms with Crippen LogP contribution in [0.25, 0.3) is 38.8 Å². The molecule has 0 atom stereocenters. The molecule has 0 amide bonds. The van der Waals surface area contributed by atoms with Crippen LogP contribution in [-0.2, 0) is 45.0 Å². The van der Waals surface area contributed by atoms with E-state index in [1.807, 2.05) is 24.4 Å². The Hall–Kier alpha value is -4.99. The number of aryl methyl sites for hydroxylation is 4. The number of nitrogens with zero attached hydrogens (tertiary/aromatic N) is 4. The maximum absolute atomic E-state index is 6.54. The summed E-state index contributed by atoms with van der Waals surface area (Å²) < 4.78 is 14.6. The van der Waals surface area contributed by atoms with Gasteiger partial charge in [0.15, 0.2) is 0 Å². The van der Waals surface area contributed by atoms with Crippen LogP contribution in [0.3, 0.4) is 0 Å². The summed E-state index contributed by atoms with van der Waals surface area (Å²) in [7, 11) is 0. The molecule has 6 heteroatoms. The fraction of sp³-hybridized carbons (Fsp3) is 0.200. The normalized spacial score (nSPS) is 13.1. The average molecular weight is 846 g/mol. The van der Waals surface area contributed by atoms with Gasteiger partial charge in [0.25, 0.3) is 0 Å². The molecule has 4 bridgehead atoms. The van der Waals surface area contributed by atoms with Gasteiger partial charge in [0.1, 0.15) is 0 Å². The zero-order valence-corrected chi connectivity index (χ0v) is 31.5. The van der Waals surface area contributed by atoms with Crippen molar-refractivity contribution >= 4 is 27.3 Å². The third-order valence-electron chi connectivity index (χ3n) is 10.7. The van der Waals surface area contributed by atoms with Crippen LogP contribution in [-0.4, -0.2) is 18.5 Å². The molecule has 12 rings (SSSR count). The van der Waals surface area contributed by atoms with Crippen LogP contribution in [0.5, 0.6) is 11.5 Å². The topological polar surface area (TPSA) is 36.4 Å². The Kier molecular flexibility index (Phi) is 7.93. The third-order valence-corrected chi connectivity index (χ3v) is 11.8. The summed E-state index contributed by atoms with van der Waals surface area (Å²) in [6.45, 7) is 8.99. The van der Waals surface area contributed by atoms with Crippen LogP contribution < -0.4 is 4.74 Å². The van der Waals surface area contributed by atoms with Gasteiger partial charge in [-0.15, -0.1) is 0 Å². The molecule has 8 aromatic rings. The summed E-state index contributed by atoms with van der Waals surface area (Å²) in [4.78, 5) is 4.80. The maximum atomic E-state index is 6.54. The van der Waals surface area contributed by atoms with E-state index in [2.05, 4.69) is 152 Å². The number of pyridine rings is 2. The number of aromatic nitrogens is 4. The Bertz CT molecular complexity index is 2710. The van der Waals surface area contributed by atoms with Gasteiger partial charge in [-0.3, -0.25) is 0 Å². The van der Waals surface area contributed by atoms with E-state index in [-0.39, 0.29) is 0 Å². The van der Waals surface area contributed by atoms with Gasteiger partial charge in [-0.1, -0.05) is 26.0 Å². The number of rotatable bonds is 5. The molecule has 0 N–H and O–H groups in total. The van der Waals surface area contributed by atoms with Gasteiger partial charge in [-0.2, -0.15) is 0 Å². The van der Waals surface area contributed by atoms with Gasteiger partial charge in [0.05, 0.1) is 0 Å². The number of hydrogen-bond donors (Lipinski definition) is 0. The number of ether oxygens (including phenoxy) is 1. The zero-order valence-electron chi connectivity index (χ0n) is 29.2. The number of fused-ring (bicyclic) bond motifs is 3. The summed E-state index contributed by atoms with van der Waals surface area (Å²) in [6, 6.07) is 39.5. The van der Waals surface area contributed by atoms with Crippen molar-refractivity contribution in [3.63, 3.8) is 0 Å². The predicted molar refractivity (Wildman–Crippen MR) is 201 cm³/mol. The molecule has 4 aromatic carbocycles. The van der Waals surface area contributed by atoms with Crippen molar-refractivity contribution in [1.82, 2.24) is 18.5 Å². The van der Waals surface area contributed by atoms with Crippen LogP contribution in [0.2, 0.25) is 0 Å². The number of benzene rings is 4. The van der Waals surface area contributed by atoms with E-state index in [4.69, 9.17) is 9.72 Å². The second-order valence-corrected chi connectivity index (χ2v) is 15.0. The van der Waals surface area contributed by atoms with Crippen molar-refractivity contribution in [3.05, 3.63) is 158 Å². The molecule has 6 heterocycles. The molecule has 256 valence electrons. The van der Waals surface area contributed by atoms with Crippen molar-refractivity contribution in [1.29, 1.82) is 0 Å². The first-order valence-electron chi connectivity index (χ1n) is 17.7. The third kappa shape index (κ3) is 5.50. The van der Waals surface area contributed by atoms with Gasteiger partial charge in [-0.05, 0) is 17.5 Å². The molecule has 0 saturated carbocycles. The fourth-order valence-corrected chi connectivity index (χ4v) is 8.71. The first kappa shape index (κ1) is 32.0. The summed E-state index contributed by atoms with van der Waals surface area (Å²) in [5, 5.41) is 2.28. The quantitative estimate of drug-likeness (QED) is 0.162. The first-order valence-corrected chi connectivity index (χ1v) is 18.9. The molecule has 5 nitrogen and oxygen atoms in total. The van der Waals surface area contributed by atoms with Gasteiger partial charge < -0.3 is 0 Å². The molecule has 0 radical (unpaired) electrons. The van der Waals surface area contributed by atoms with E-state index in [1.54, 1.807) is 0 Å². The molecular formula is C45H38N4OPt-2. The van der Waals surface area contributed by atoms with E-state index in [9.17, 15) is 0 Å². The van der Waals surface area contributed by atoms with Crippen molar-refractivity contribution in [2.24, 2.45) is 0 Å². The van der Waals surface area contributed by atoms with Crippen molar-refractivity contribution in [3.8, 4) is 23.0 Å². The Morgan fingerprint density at radius 3 is 2.29 bits per heavy atom. The zero-order chi connectivity index (χ0) is 34.8. The van der Waals surface area contributed by atoms with Gasteiger partial charge in [0.2, 0.25) is 0 Å². The SMILES string of the molecule is Cc1c2ccc(c1C)CCc1ccc(c3cn(-c4[c-]c(Oc5[c-]c6c(cc5)c5ccccc5n6-c5cc(C(C)C)ccn5)ccc4)[c](=[Pt])n13)CC2. The summed E-state index contributed by atoms with van der Waals surface area (Å²) in [5.41, 5.74) is 13.9. The number of imidazole rings is 1. The van der Waals surface area contributed by atoms with Gasteiger partial charge in [0, 0.05) is 6.20 Å². The van der Waals surface area contributed by atoms with E-state index in [0.717, 1.165) is 62.8 Å². The van der Waals surface area contributed by atoms with E-state index in [0.29, 0.717) is 17.4 Å². The van der Waals surface area contributed by atoms with Crippen LogP contribution in [0.4, 0.5) is 0 Å². The summed E-state index contributed by atoms with van der Waals surface area (Å²) >= 11 is 2.47. The average Bonchev–Trinajstić information content (AvgIpc) is 3.66.